The molecule has 0 spiro atoms. The SMILES string of the molecule is CC(C)(C)c1nc2c(C(N)CO)cccc2s1. The molecule has 0 aliphatic rings. The number of rotatable bonds is 2. The zero-order valence-electron chi connectivity index (χ0n) is 10.4. The fourth-order valence-electron chi connectivity index (χ4n) is 1.69. The Balaban J connectivity index is 2.61. The maximum Gasteiger partial charge on any atom is 0.0992 e. The second-order valence-corrected chi connectivity index (χ2v) is 6.28. The van der Waals surface area contributed by atoms with Crippen molar-refractivity contribution in [3.8, 4) is 0 Å². The van der Waals surface area contributed by atoms with E-state index >= 15 is 0 Å². The lowest BCUT2D eigenvalue weighted by Crippen LogP contribution is -2.15. The molecule has 1 unspecified atom stereocenters. The highest BCUT2D eigenvalue weighted by atomic mass is 32.1. The Hall–Kier alpha value is -0.970. The summed E-state index contributed by atoms with van der Waals surface area (Å²) in [5, 5.41) is 10.3. The van der Waals surface area contributed by atoms with Crippen molar-refractivity contribution in [1.29, 1.82) is 0 Å². The van der Waals surface area contributed by atoms with E-state index in [0.29, 0.717) is 0 Å². The highest BCUT2D eigenvalue weighted by Crippen LogP contribution is 2.33. The first-order valence-electron chi connectivity index (χ1n) is 5.70. The van der Waals surface area contributed by atoms with Gasteiger partial charge in [0, 0.05) is 5.41 Å². The predicted octanol–water partition coefficient (Wildman–Crippen LogP) is 2.59. The molecule has 3 nitrogen and oxygen atoms in total. The largest absolute Gasteiger partial charge is 0.394 e. The lowest BCUT2D eigenvalue weighted by Gasteiger charge is -2.13. The third-order valence-corrected chi connectivity index (χ3v) is 4.13. The Kier molecular flexibility index (Phi) is 3.21. The molecule has 3 N–H and O–H groups in total. The lowest BCUT2D eigenvalue weighted by molar-refractivity contribution is 0.268. The molecule has 0 aliphatic heterocycles. The Bertz CT molecular complexity index is 528. The van der Waals surface area contributed by atoms with E-state index < -0.39 is 0 Å². The molecule has 1 atom stereocenters. The molecule has 0 amide bonds. The Morgan fingerprint density at radius 1 is 1.41 bits per heavy atom. The van der Waals surface area contributed by atoms with Crippen molar-refractivity contribution >= 4 is 21.6 Å². The number of hydrogen-bond donors (Lipinski definition) is 2. The van der Waals surface area contributed by atoms with Gasteiger partial charge in [-0.15, -0.1) is 11.3 Å². The average molecular weight is 250 g/mol. The third kappa shape index (κ3) is 2.34. The van der Waals surface area contributed by atoms with Crippen LogP contribution in [0, 0.1) is 0 Å². The van der Waals surface area contributed by atoms with E-state index in [1.165, 1.54) is 0 Å². The van der Waals surface area contributed by atoms with Gasteiger partial charge in [0.25, 0.3) is 0 Å². The topological polar surface area (TPSA) is 59.1 Å². The minimum atomic E-state index is -0.353. The summed E-state index contributed by atoms with van der Waals surface area (Å²) >= 11 is 1.70. The summed E-state index contributed by atoms with van der Waals surface area (Å²) in [5.74, 6) is 0. The molecule has 0 saturated carbocycles. The van der Waals surface area contributed by atoms with Gasteiger partial charge in [0.1, 0.15) is 0 Å². The molecule has 1 aromatic carbocycles. The first kappa shape index (κ1) is 12.5. The third-order valence-electron chi connectivity index (χ3n) is 2.69. The second kappa shape index (κ2) is 4.37. The van der Waals surface area contributed by atoms with Crippen LogP contribution in [0.3, 0.4) is 0 Å². The van der Waals surface area contributed by atoms with E-state index in [2.05, 4.69) is 31.8 Å². The number of aliphatic hydroxyl groups is 1. The van der Waals surface area contributed by atoms with Crippen molar-refractivity contribution in [3.05, 3.63) is 28.8 Å². The maximum atomic E-state index is 9.16. The molecule has 17 heavy (non-hydrogen) atoms. The molecule has 0 saturated heterocycles. The first-order valence-corrected chi connectivity index (χ1v) is 6.51. The fraction of sp³-hybridized carbons (Fsp3) is 0.462. The van der Waals surface area contributed by atoms with E-state index in [0.717, 1.165) is 20.8 Å². The summed E-state index contributed by atoms with van der Waals surface area (Å²) in [4.78, 5) is 4.68. The van der Waals surface area contributed by atoms with Gasteiger partial charge in [0.2, 0.25) is 0 Å². The Labute approximate surface area is 105 Å². The molecule has 0 fully saturated rings. The molecule has 1 aromatic heterocycles. The van der Waals surface area contributed by atoms with Crippen LogP contribution in [0.2, 0.25) is 0 Å². The monoisotopic (exact) mass is 250 g/mol. The zero-order chi connectivity index (χ0) is 12.6. The van der Waals surface area contributed by atoms with Gasteiger partial charge < -0.3 is 10.8 Å². The van der Waals surface area contributed by atoms with Gasteiger partial charge in [0.05, 0.1) is 27.9 Å². The standard InChI is InChI=1S/C13H18N2OS/c1-13(2,3)12-15-11-8(9(14)7-16)5-4-6-10(11)17-12/h4-6,9,16H,7,14H2,1-3H3. The molecule has 2 aromatic rings. The van der Waals surface area contributed by atoms with Crippen LogP contribution in [0.1, 0.15) is 37.4 Å². The van der Waals surface area contributed by atoms with Crippen LogP contribution in [-0.2, 0) is 5.41 Å². The van der Waals surface area contributed by atoms with Crippen LogP contribution < -0.4 is 5.73 Å². The summed E-state index contributed by atoms with van der Waals surface area (Å²) in [6.07, 6.45) is 0. The van der Waals surface area contributed by atoms with E-state index in [9.17, 15) is 0 Å². The number of nitrogens with zero attached hydrogens (tertiary/aromatic N) is 1. The quantitative estimate of drug-likeness (QED) is 0.861. The maximum absolute atomic E-state index is 9.16. The Morgan fingerprint density at radius 2 is 2.12 bits per heavy atom. The van der Waals surface area contributed by atoms with Crippen LogP contribution in [0.15, 0.2) is 18.2 Å². The predicted molar refractivity (Wildman–Crippen MR) is 72.3 cm³/mol. The molecule has 0 bridgehead atoms. The van der Waals surface area contributed by atoms with Gasteiger partial charge in [-0.3, -0.25) is 0 Å². The average Bonchev–Trinajstić information content (AvgIpc) is 2.71. The molecular weight excluding hydrogens is 232 g/mol. The minimum Gasteiger partial charge on any atom is -0.394 e. The smallest absolute Gasteiger partial charge is 0.0992 e. The number of aliphatic hydroxyl groups excluding tert-OH is 1. The Morgan fingerprint density at radius 3 is 2.71 bits per heavy atom. The van der Waals surface area contributed by atoms with Gasteiger partial charge in [0.15, 0.2) is 0 Å². The van der Waals surface area contributed by atoms with Crippen LogP contribution in [-0.4, -0.2) is 16.7 Å². The van der Waals surface area contributed by atoms with E-state index in [-0.39, 0.29) is 18.1 Å². The normalized spacial score (nSPS) is 14.2. The summed E-state index contributed by atoms with van der Waals surface area (Å²) < 4.78 is 1.14. The van der Waals surface area contributed by atoms with Crippen LogP contribution >= 0.6 is 11.3 Å². The highest BCUT2D eigenvalue weighted by molar-refractivity contribution is 7.18. The van der Waals surface area contributed by atoms with Crippen LogP contribution in [0.4, 0.5) is 0 Å². The zero-order valence-corrected chi connectivity index (χ0v) is 11.2. The lowest BCUT2D eigenvalue weighted by atomic mass is 9.98. The second-order valence-electron chi connectivity index (χ2n) is 5.25. The number of benzene rings is 1. The molecule has 2 rings (SSSR count). The number of para-hydroxylation sites is 1. The van der Waals surface area contributed by atoms with Gasteiger partial charge in [-0.1, -0.05) is 32.9 Å². The number of thiazole rings is 1. The van der Waals surface area contributed by atoms with E-state index in [1.807, 2.05) is 12.1 Å². The van der Waals surface area contributed by atoms with Gasteiger partial charge in [-0.05, 0) is 11.6 Å². The van der Waals surface area contributed by atoms with Crippen molar-refractivity contribution < 1.29 is 5.11 Å². The van der Waals surface area contributed by atoms with Gasteiger partial charge in [-0.25, -0.2) is 4.98 Å². The van der Waals surface area contributed by atoms with Gasteiger partial charge in [-0.2, -0.15) is 0 Å². The summed E-state index contributed by atoms with van der Waals surface area (Å²) in [6, 6.07) is 5.61. The van der Waals surface area contributed by atoms with E-state index in [1.54, 1.807) is 11.3 Å². The molecule has 1 heterocycles. The number of fused-ring (bicyclic) bond motifs is 1. The highest BCUT2D eigenvalue weighted by Gasteiger charge is 2.20. The number of nitrogens with two attached hydrogens (primary N) is 1. The van der Waals surface area contributed by atoms with Crippen LogP contribution in [0.5, 0.6) is 0 Å². The molecular formula is C13H18N2OS. The van der Waals surface area contributed by atoms with Crippen molar-refractivity contribution in [2.45, 2.75) is 32.2 Å². The summed E-state index contributed by atoms with van der Waals surface area (Å²) in [7, 11) is 0. The minimum absolute atomic E-state index is 0.0459. The first-order chi connectivity index (χ1) is 7.93. The molecule has 0 aliphatic carbocycles. The summed E-state index contributed by atoms with van der Waals surface area (Å²) in [6.45, 7) is 6.39. The molecule has 92 valence electrons. The molecule has 4 heteroatoms. The van der Waals surface area contributed by atoms with Crippen LogP contribution in [0.25, 0.3) is 10.2 Å². The van der Waals surface area contributed by atoms with Crippen molar-refractivity contribution in [2.75, 3.05) is 6.61 Å². The number of hydrogen-bond acceptors (Lipinski definition) is 4. The number of aromatic nitrogens is 1. The van der Waals surface area contributed by atoms with Crippen molar-refractivity contribution in [3.63, 3.8) is 0 Å². The fourth-order valence-corrected chi connectivity index (χ4v) is 2.75. The van der Waals surface area contributed by atoms with Crippen molar-refractivity contribution in [1.82, 2.24) is 4.98 Å². The van der Waals surface area contributed by atoms with Gasteiger partial charge >= 0.3 is 0 Å². The van der Waals surface area contributed by atoms with Crippen molar-refractivity contribution in [2.24, 2.45) is 5.73 Å². The molecule has 0 radical (unpaired) electrons. The van der Waals surface area contributed by atoms with E-state index in [4.69, 9.17) is 10.8 Å². The summed E-state index contributed by atoms with van der Waals surface area (Å²) in [5.41, 5.74) is 7.80.